The molecule has 3 rings (SSSR count). The number of nitrogens with one attached hydrogen (secondary N) is 3. The minimum atomic E-state index is -1.05. The van der Waals surface area contributed by atoms with Gasteiger partial charge in [0.2, 0.25) is 29.5 Å². The van der Waals surface area contributed by atoms with Gasteiger partial charge in [-0.05, 0) is 74.6 Å². The summed E-state index contributed by atoms with van der Waals surface area (Å²) in [5.41, 5.74) is -0.302. The smallest absolute Gasteiger partial charge is 0.331 e. The maximum Gasteiger partial charge on any atom is 0.331 e. The molecule has 1 unspecified atom stereocenters. The summed E-state index contributed by atoms with van der Waals surface area (Å²) in [6.45, 7) is 19.0. The van der Waals surface area contributed by atoms with Crippen LogP contribution in [0, 0.1) is 23.2 Å². The number of hydrogen-bond acceptors (Lipinski definition) is 13. The van der Waals surface area contributed by atoms with Crippen LogP contribution < -0.4 is 20.7 Å². The van der Waals surface area contributed by atoms with Crippen LogP contribution in [0.4, 0.5) is 0 Å². The summed E-state index contributed by atoms with van der Waals surface area (Å²) in [6.07, 6.45) is 5.08. The topological polar surface area (TPSA) is 211 Å². The number of benzene rings is 1. The molecule has 0 aromatic heterocycles. The first-order valence-corrected chi connectivity index (χ1v) is 25.1. The molecule has 1 aliphatic carbocycles. The second kappa shape index (κ2) is 28.6. The number of carboxylic acid groups (broad SMARTS) is 1. The number of rotatable bonds is 30. The molecule has 18 heteroatoms. The summed E-state index contributed by atoms with van der Waals surface area (Å²) in [6, 6.07) is 5.48. The van der Waals surface area contributed by atoms with E-state index in [1.165, 1.54) is 28.5 Å². The zero-order valence-electron chi connectivity index (χ0n) is 42.5. The highest BCUT2D eigenvalue weighted by atomic mass is 32.2. The average Bonchev–Trinajstić information content (AvgIpc) is 3.56. The van der Waals surface area contributed by atoms with Crippen LogP contribution in [0.1, 0.15) is 93.1 Å². The van der Waals surface area contributed by atoms with E-state index in [9.17, 15) is 33.9 Å². The van der Waals surface area contributed by atoms with Crippen LogP contribution in [0.5, 0.6) is 5.75 Å². The van der Waals surface area contributed by atoms with Crippen molar-refractivity contribution in [2.75, 3.05) is 92.9 Å². The lowest BCUT2D eigenvalue weighted by Crippen LogP contribution is -2.61. The van der Waals surface area contributed by atoms with Gasteiger partial charge in [0.25, 0.3) is 0 Å². The van der Waals surface area contributed by atoms with Gasteiger partial charge in [-0.25, -0.2) is 4.79 Å². The third-order valence-electron chi connectivity index (χ3n) is 12.8. The van der Waals surface area contributed by atoms with E-state index in [0.717, 1.165) is 31.2 Å². The highest BCUT2D eigenvalue weighted by Crippen LogP contribution is 2.33. The monoisotopic (exact) mass is 976 g/mol. The maximum absolute atomic E-state index is 14.0. The molecule has 2 fully saturated rings. The van der Waals surface area contributed by atoms with Gasteiger partial charge in [-0.15, -0.1) is 11.8 Å². The number of ether oxygens (including phenoxy) is 5. The van der Waals surface area contributed by atoms with Gasteiger partial charge in [0.1, 0.15) is 18.4 Å². The standard InChI is InChI=1S/C50H81N5O12S/c1-33(2)39(30-34(3)48(61)62)54(11)47(60)43(49(4,5)6)53-45(58)42(51-9)50(7,8)37-16-18-38(19-17-37)67-27-26-65-23-22-63-20-21-64-24-25-66-28-29-68-40-31-41(56)55(46(40)59)32-35-12-14-36(15-13-35)44(57)52-10/h16-19,30,33,35-36,39-40,42-43,51H,12-15,20-29,31-32H2,1-11H3,(H,52,57)(H,53,58)(H,61,62)/b34-30+/t35?,36?,39-,40?,42-,43-/m1/s1. The lowest BCUT2D eigenvalue weighted by Gasteiger charge is -2.40. The Hall–Kier alpha value is -4.07. The van der Waals surface area contributed by atoms with E-state index >= 15 is 0 Å². The summed E-state index contributed by atoms with van der Waals surface area (Å²) < 4.78 is 28.4. The molecule has 4 atom stereocenters. The Bertz CT molecular complexity index is 1810. The van der Waals surface area contributed by atoms with Gasteiger partial charge < -0.3 is 49.6 Å². The molecule has 4 N–H and O–H groups in total. The van der Waals surface area contributed by atoms with Crippen molar-refractivity contribution >= 4 is 47.3 Å². The Labute approximate surface area is 408 Å². The fourth-order valence-corrected chi connectivity index (χ4v) is 9.57. The van der Waals surface area contributed by atoms with Crippen LogP contribution >= 0.6 is 11.8 Å². The number of amides is 5. The summed E-state index contributed by atoms with van der Waals surface area (Å²) in [7, 11) is 5.01. The van der Waals surface area contributed by atoms with Crippen LogP contribution in [0.3, 0.4) is 0 Å². The van der Waals surface area contributed by atoms with E-state index in [1.807, 2.05) is 72.7 Å². The molecule has 1 heterocycles. The van der Waals surface area contributed by atoms with E-state index < -0.39 is 34.9 Å². The van der Waals surface area contributed by atoms with Crippen LogP contribution in [0.2, 0.25) is 0 Å². The quantitative estimate of drug-likeness (QED) is 0.0477. The number of imide groups is 1. The van der Waals surface area contributed by atoms with Crippen molar-refractivity contribution in [3.63, 3.8) is 0 Å². The normalized spacial score (nSPS) is 19.4. The molecule has 1 aromatic rings. The van der Waals surface area contributed by atoms with E-state index in [-0.39, 0.29) is 64.5 Å². The van der Waals surface area contributed by atoms with Crippen molar-refractivity contribution in [1.29, 1.82) is 0 Å². The largest absolute Gasteiger partial charge is 0.491 e. The molecule has 1 aliphatic heterocycles. The van der Waals surface area contributed by atoms with Crippen molar-refractivity contribution in [2.45, 2.75) is 116 Å². The average molecular weight is 976 g/mol. The molecular formula is C50H81N5O12S. The van der Waals surface area contributed by atoms with E-state index in [0.29, 0.717) is 77.5 Å². The fraction of sp³-hybridized carbons (Fsp3) is 0.720. The van der Waals surface area contributed by atoms with Gasteiger partial charge >= 0.3 is 5.97 Å². The van der Waals surface area contributed by atoms with Gasteiger partial charge in [-0.3, -0.25) is 28.9 Å². The van der Waals surface area contributed by atoms with E-state index in [2.05, 4.69) is 16.0 Å². The number of hydrogen-bond donors (Lipinski definition) is 4. The second-order valence-electron chi connectivity index (χ2n) is 19.6. The number of carbonyl (C=O) groups is 6. The van der Waals surface area contributed by atoms with Crippen molar-refractivity contribution in [2.24, 2.45) is 23.2 Å². The molecule has 0 bridgehead atoms. The highest BCUT2D eigenvalue weighted by molar-refractivity contribution is 8.00. The highest BCUT2D eigenvalue weighted by Gasteiger charge is 2.43. The predicted molar refractivity (Wildman–Crippen MR) is 262 cm³/mol. The zero-order chi connectivity index (χ0) is 50.6. The Balaban J connectivity index is 1.27. The molecule has 1 saturated heterocycles. The van der Waals surface area contributed by atoms with E-state index in [4.69, 9.17) is 23.7 Å². The van der Waals surface area contributed by atoms with Crippen LogP contribution in [0.25, 0.3) is 0 Å². The summed E-state index contributed by atoms with van der Waals surface area (Å²) in [5, 5.41) is 18.0. The second-order valence-corrected chi connectivity index (χ2v) is 21.0. The summed E-state index contributed by atoms with van der Waals surface area (Å²) in [4.78, 5) is 79.9. The lowest BCUT2D eigenvalue weighted by atomic mass is 9.76. The van der Waals surface area contributed by atoms with Crippen LogP contribution in [-0.4, -0.2) is 167 Å². The number of aliphatic carboxylic acids is 1. The van der Waals surface area contributed by atoms with Gasteiger partial charge in [0, 0.05) is 49.7 Å². The van der Waals surface area contributed by atoms with Crippen molar-refractivity contribution in [3.05, 3.63) is 41.5 Å². The van der Waals surface area contributed by atoms with Gasteiger partial charge in [-0.2, -0.15) is 0 Å². The first-order chi connectivity index (χ1) is 32.1. The first-order valence-electron chi connectivity index (χ1n) is 24.0. The molecule has 68 heavy (non-hydrogen) atoms. The van der Waals surface area contributed by atoms with Crippen molar-refractivity contribution in [1.82, 2.24) is 25.8 Å². The number of likely N-dealkylation sites (N-methyl/N-ethyl adjacent to an activating group) is 2. The molecule has 0 spiro atoms. The number of thioether (sulfide) groups is 1. The minimum Gasteiger partial charge on any atom is -0.491 e. The van der Waals surface area contributed by atoms with Gasteiger partial charge in [-0.1, -0.05) is 66.7 Å². The number of likely N-dealkylation sites (tertiary alicyclic amines) is 1. The molecule has 1 saturated carbocycles. The van der Waals surface area contributed by atoms with E-state index in [1.54, 1.807) is 27.2 Å². The molecule has 2 aliphatic rings. The number of carbonyl (C=O) groups excluding carboxylic acids is 5. The summed E-state index contributed by atoms with van der Waals surface area (Å²) >= 11 is 1.46. The Morgan fingerprint density at radius 2 is 1.38 bits per heavy atom. The van der Waals surface area contributed by atoms with Crippen molar-refractivity contribution < 1.29 is 57.6 Å². The Kier molecular flexibility index (Phi) is 24.5. The first kappa shape index (κ1) is 58.2. The Morgan fingerprint density at radius 3 is 1.88 bits per heavy atom. The van der Waals surface area contributed by atoms with Crippen molar-refractivity contribution in [3.8, 4) is 5.75 Å². The third kappa shape index (κ3) is 18.0. The molecule has 17 nitrogen and oxygen atoms in total. The van der Waals surface area contributed by atoms with Crippen LogP contribution in [0.15, 0.2) is 35.9 Å². The number of carboxylic acids is 1. The molecule has 0 radical (unpaired) electrons. The van der Waals surface area contributed by atoms with Gasteiger partial charge in [0.05, 0.1) is 70.2 Å². The molecule has 1 aromatic carbocycles. The molecule has 5 amide bonds. The van der Waals surface area contributed by atoms with Gasteiger partial charge in [0.15, 0.2) is 0 Å². The fourth-order valence-electron chi connectivity index (χ4n) is 8.54. The maximum atomic E-state index is 14.0. The molecule has 384 valence electrons. The van der Waals surface area contributed by atoms with Crippen LogP contribution in [-0.2, 0) is 53.1 Å². The number of nitrogens with zero attached hydrogens (tertiary/aromatic N) is 2. The SMILES string of the molecule is CNC(=O)C1CCC(CN2C(=O)CC(SCCOCCOCCOCCOCCOc3ccc(C(C)(C)[C@H](NC)C(=O)N[C@H](C(=O)N(C)[C@H](/C=C(\C)C(=O)O)C(C)C)C(C)(C)C)cc3)C2=O)CC1. The molecular weight excluding hydrogens is 895 g/mol. The summed E-state index contributed by atoms with van der Waals surface area (Å²) in [5.74, 6) is -0.373. The zero-order valence-corrected chi connectivity index (χ0v) is 43.3. The predicted octanol–water partition coefficient (Wildman–Crippen LogP) is 4.46. The third-order valence-corrected chi connectivity index (χ3v) is 13.9. The lowest BCUT2D eigenvalue weighted by molar-refractivity contribution is -0.141. The Morgan fingerprint density at radius 1 is 0.838 bits per heavy atom. The minimum absolute atomic E-state index is 0.0251.